The van der Waals surface area contributed by atoms with Crippen LogP contribution in [0.3, 0.4) is 0 Å². The fraction of sp³-hybridized carbons (Fsp3) is 0.720. The number of rotatable bonds is 22. The minimum Gasteiger partial charge on any atom is -0.393 e. The maximum absolute atomic E-state index is 12.6. The van der Waals surface area contributed by atoms with Crippen LogP contribution in [0.2, 0.25) is 0 Å². The van der Waals surface area contributed by atoms with E-state index in [9.17, 15) is 58.2 Å². The number of ether oxygens (including phenoxy) is 1. The van der Waals surface area contributed by atoms with Gasteiger partial charge in [0.1, 0.15) is 36.3 Å². The molecule has 0 spiro atoms. The predicted molar refractivity (Wildman–Crippen MR) is 183 cm³/mol. The molecule has 0 radical (unpaired) electrons. The number of phosphoric ester groups is 3. The number of nitrogens with two attached hydrogens (primary N) is 1. The molecule has 28 heteroatoms. The Balaban J connectivity index is 1.51. The number of carbonyl (C=O) groups is 2. The molecule has 1 saturated heterocycles. The predicted octanol–water partition coefficient (Wildman–Crippen LogP) is -1.09. The maximum Gasteiger partial charge on any atom is 0.481 e. The van der Waals surface area contributed by atoms with Crippen molar-refractivity contribution < 1.29 is 80.8 Å². The molecule has 0 aliphatic carbocycles. The Hall–Kier alpha value is -2.15. The number of fused-ring (bicyclic) bond motifs is 1. The summed E-state index contributed by atoms with van der Waals surface area (Å²) in [6.45, 7) is 2.44. The van der Waals surface area contributed by atoms with Crippen LogP contribution in [0.4, 0.5) is 5.82 Å². The van der Waals surface area contributed by atoms with Gasteiger partial charge < -0.3 is 56.0 Å². The lowest BCUT2D eigenvalue weighted by Gasteiger charge is -2.30. The molecule has 3 rings (SSSR count). The number of amides is 2. The lowest BCUT2D eigenvalue weighted by molar-refractivity contribution is -0.137. The van der Waals surface area contributed by atoms with Gasteiger partial charge in [-0.05, 0) is 19.1 Å². The minimum atomic E-state index is -5.55. The van der Waals surface area contributed by atoms with E-state index >= 15 is 0 Å². The van der Waals surface area contributed by atoms with Gasteiger partial charge >= 0.3 is 23.5 Å². The number of nitrogen functional groups attached to an aromatic ring is 1. The fourth-order valence-corrected chi connectivity index (χ4v) is 8.35. The van der Waals surface area contributed by atoms with Gasteiger partial charge in [0, 0.05) is 30.7 Å². The summed E-state index contributed by atoms with van der Waals surface area (Å²) in [5.74, 6) is 0.00582. The number of phosphoric acid groups is 3. The van der Waals surface area contributed by atoms with E-state index in [1.165, 1.54) is 13.8 Å². The van der Waals surface area contributed by atoms with E-state index in [2.05, 4.69) is 34.4 Å². The van der Waals surface area contributed by atoms with Gasteiger partial charge in [0.15, 0.2) is 17.7 Å². The molecule has 302 valence electrons. The van der Waals surface area contributed by atoms with E-state index in [0.717, 1.165) is 23.0 Å². The molecular formula is C25H44N7O17P3S. The Kier molecular flexibility index (Phi) is 16.3. The van der Waals surface area contributed by atoms with Crippen molar-refractivity contribution in [2.75, 3.05) is 43.5 Å². The summed E-state index contributed by atoms with van der Waals surface area (Å²) in [6, 6.07) is 0. The summed E-state index contributed by atoms with van der Waals surface area (Å²) in [4.78, 5) is 75.3. The first-order valence-electron chi connectivity index (χ1n) is 15.7. The summed E-state index contributed by atoms with van der Waals surface area (Å²) in [7, 11) is -16.3. The number of aliphatic hydroxyl groups is 3. The zero-order valence-corrected chi connectivity index (χ0v) is 32.1. The van der Waals surface area contributed by atoms with Crippen LogP contribution in [0, 0.1) is 5.41 Å². The molecule has 2 unspecified atom stereocenters. The van der Waals surface area contributed by atoms with Gasteiger partial charge in [-0.15, -0.1) is 0 Å². The topological polar surface area (TPSA) is 367 Å². The zero-order valence-electron chi connectivity index (χ0n) is 28.6. The first-order chi connectivity index (χ1) is 24.5. The molecule has 24 nitrogen and oxygen atoms in total. The van der Waals surface area contributed by atoms with E-state index in [-0.39, 0.29) is 35.9 Å². The molecule has 1 fully saturated rings. The summed E-state index contributed by atoms with van der Waals surface area (Å²) in [5, 5.41) is 35.6. The van der Waals surface area contributed by atoms with E-state index < -0.39 is 84.8 Å². The Morgan fingerprint density at radius 1 is 1.06 bits per heavy atom. The third kappa shape index (κ3) is 14.1. The van der Waals surface area contributed by atoms with Crippen LogP contribution in [0.15, 0.2) is 12.7 Å². The number of aliphatic hydroxyl groups excluding tert-OH is 3. The molecule has 8 atom stereocenters. The molecule has 1 aliphatic heterocycles. The highest BCUT2D eigenvalue weighted by atomic mass is 32.2. The van der Waals surface area contributed by atoms with Gasteiger partial charge in [0.2, 0.25) is 11.8 Å². The van der Waals surface area contributed by atoms with Crippen molar-refractivity contribution in [3.63, 3.8) is 0 Å². The minimum absolute atomic E-state index is 0.0347. The number of anilines is 1. The smallest absolute Gasteiger partial charge is 0.393 e. The van der Waals surface area contributed by atoms with E-state index in [0.29, 0.717) is 18.7 Å². The Labute approximate surface area is 306 Å². The molecule has 1 aliphatic rings. The van der Waals surface area contributed by atoms with Crippen LogP contribution < -0.4 is 16.4 Å². The van der Waals surface area contributed by atoms with Crippen molar-refractivity contribution in [1.29, 1.82) is 0 Å². The SMILES string of the molecule is C[C@@H](O)CCSCCNC(=O)CCNC(=O)[C@H](O)C(C)(C)COP(=O)(O)OP(=O)(O)OC[C@H]1O[C@@H](n2cnc3c(N)ncnc32)[C@H](O)[C@@H]1OP(=O)(O)O. The highest BCUT2D eigenvalue weighted by Gasteiger charge is 2.50. The normalized spacial score (nSPS) is 22.9. The number of hydrogen-bond acceptors (Lipinski definition) is 18. The summed E-state index contributed by atoms with van der Waals surface area (Å²) in [5.41, 5.74) is 4.29. The Morgan fingerprint density at radius 2 is 1.74 bits per heavy atom. The summed E-state index contributed by atoms with van der Waals surface area (Å²) < 4.78 is 62.0. The number of nitrogens with zero attached hydrogens (tertiary/aromatic N) is 4. The van der Waals surface area contributed by atoms with E-state index in [4.69, 9.17) is 19.5 Å². The summed E-state index contributed by atoms with van der Waals surface area (Å²) >= 11 is 1.55. The average molecular weight is 840 g/mol. The van der Waals surface area contributed by atoms with Gasteiger partial charge in [-0.1, -0.05) is 13.8 Å². The fourth-order valence-electron chi connectivity index (χ4n) is 4.56. The van der Waals surface area contributed by atoms with Gasteiger partial charge in [-0.2, -0.15) is 16.1 Å². The molecule has 2 aromatic rings. The lowest BCUT2D eigenvalue weighted by atomic mass is 9.87. The molecular weight excluding hydrogens is 795 g/mol. The monoisotopic (exact) mass is 839 g/mol. The van der Waals surface area contributed by atoms with Gasteiger partial charge in [0.25, 0.3) is 0 Å². The first-order valence-corrected chi connectivity index (χ1v) is 21.3. The quantitative estimate of drug-likeness (QED) is 0.0497. The van der Waals surface area contributed by atoms with E-state index in [1.54, 1.807) is 18.7 Å². The van der Waals surface area contributed by atoms with Crippen LogP contribution in [-0.4, -0.2) is 135 Å². The van der Waals surface area contributed by atoms with Crippen molar-refractivity contribution >= 4 is 64.0 Å². The Morgan fingerprint density at radius 3 is 2.40 bits per heavy atom. The molecule has 0 aromatic carbocycles. The second-order valence-electron chi connectivity index (χ2n) is 12.3. The lowest BCUT2D eigenvalue weighted by Crippen LogP contribution is -2.46. The molecule has 53 heavy (non-hydrogen) atoms. The van der Waals surface area contributed by atoms with Crippen LogP contribution in [0.5, 0.6) is 0 Å². The van der Waals surface area contributed by atoms with Gasteiger partial charge in [-0.3, -0.25) is 27.7 Å². The number of hydrogen-bond donors (Lipinski definition) is 10. The van der Waals surface area contributed by atoms with Crippen molar-refractivity contribution in [2.45, 2.75) is 70.4 Å². The number of nitrogens with one attached hydrogen (secondary N) is 2. The molecule has 3 heterocycles. The number of carbonyl (C=O) groups excluding carboxylic acids is 2. The maximum atomic E-state index is 12.6. The molecule has 2 aromatic heterocycles. The molecule has 0 saturated carbocycles. The average Bonchev–Trinajstić information content (AvgIpc) is 3.60. The highest BCUT2D eigenvalue weighted by Crippen LogP contribution is 2.61. The first kappa shape index (κ1) is 45.2. The second kappa shape index (κ2) is 19.1. The standard InChI is InChI=1S/C25H44N7O17P3S/c1-14(33)5-8-53-9-7-27-16(34)4-6-28-23(37)20(36)25(2,3)11-46-52(43,44)49-51(41,42)45-10-15-19(48-50(38,39)40)18(35)24(47-15)32-13-31-17-21(26)29-12-30-22(17)32/h12-15,18-20,24,33,35-36H,4-11H2,1-3H3,(H,27,34)(H,28,37)(H,41,42)(H,43,44)(H2,26,29,30)(H2,38,39,40)/t14-,15-,18-,19-,20+,24-/m1/s1. The van der Waals surface area contributed by atoms with Gasteiger partial charge in [0.05, 0.1) is 25.6 Å². The van der Waals surface area contributed by atoms with Crippen molar-refractivity contribution in [3.8, 4) is 0 Å². The number of aromatic nitrogens is 4. The van der Waals surface area contributed by atoms with Crippen LogP contribution >= 0.6 is 35.2 Å². The van der Waals surface area contributed by atoms with Crippen molar-refractivity contribution in [3.05, 3.63) is 12.7 Å². The third-order valence-electron chi connectivity index (χ3n) is 7.33. The highest BCUT2D eigenvalue weighted by molar-refractivity contribution is 7.99. The third-order valence-corrected chi connectivity index (χ3v) is 11.4. The largest absolute Gasteiger partial charge is 0.481 e. The second-order valence-corrected chi connectivity index (χ2v) is 17.8. The van der Waals surface area contributed by atoms with Crippen LogP contribution in [-0.2, 0) is 45.9 Å². The number of thioether (sulfide) groups is 1. The zero-order chi connectivity index (χ0) is 39.8. The summed E-state index contributed by atoms with van der Waals surface area (Å²) in [6.07, 6.45) is -6.57. The molecule has 0 bridgehead atoms. The van der Waals surface area contributed by atoms with E-state index in [1.807, 2.05) is 0 Å². The van der Waals surface area contributed by atoms with Gasteiger partial charge in [-0.25, -0.2) is 28.6 Å². The molecule has 11 N–H and O–H groups in total. The van der Waals surface area contributed by atoms with Crippen LogP contribution in [0.1, 0.15) is 39.8 Å². The van der Waals surface area contributed by atoms with Crippen molar-refractivity contribution in [2.24, 2.45) is 5.41 Å². The van der Waals surface area contributed by atoms with Crippen LogP contribution in [0.25, 0.3) is 11.2 Å². The van der Waals surface area contributed by atoms with Crippen molar-refractivity contribution in [1.82, 2.24) is 30.2 Å². The Bertz CT molecular complexity index is 1700. The molecule has 2 amide bonds. The number of imidazole rings is 1.